The summed E-state index contributed by atoms with van der Waals surface area (Å²) >= 11 is 12.0. The van der Waals surface area contributed by atoms with Crippen LogP contribution in [0.2, 0.25) is 10.0 Å². The molecule has 6 nitrogen and oxygen atoms in total. The Morgan fingerprint density at radius 1 is 1.11 bits per heavy atom. The molecule has 8 heteroatoms. The normalized spacial score (nSPS) is 10.8. The lowest BCUT2D eigenvalue weighted by molar-refractivity contribution is -0.131. The van der Waals surface area contributed by atoms with Crippen molar-refractivity contribution >= 4 is 46.0 Å². The first kappa shape index (κ1) is 19.1. The molecular weight excluding hydrogens is 393 g/mol. The minimum Gasteiger partial charge on any atom is -0.493 e. The smallest absolute Gasteiger partial charge is 0.352 e. The van der Waals surface area contributed by atoms with Crippen molar-refractivity contribution in [3.8, 4) is 11.5 Å². The number of halogens is 2. The fourth-order valence-electron chi connectivity index (χ4n) is 2.87. The Labute approximate surface area is 164 Å². The van der Waals surface area contributed by atoms with Crippen LogP contribution in [-0.4, -0.2) is 28.7 Å². The molecule has 3 aromatic rings. The third-order valence-electron chi connectivity index (χ3n) is 4.01. The van der Waals surface area contributed by atoms with E-state index in [0.29, 0.717) is 26.7 Å². The maximum atomic E-state index is 11.8. The van der Waals surface area contributed by atoms with E-state index in [1.165, 1.54) is 20.1 Å². The molecule has 0 spiro atoms. The van der Waals surface area contributed by atoms with E-state index in [9.17, 15) is 14.7 Å². The largest absolute Gasteiger partial charge is 0.493 e. The number of ether oxygens (including phenoxy) is 2. The Balaban J connectivity index is 2.21. The molecule has 0 aliphatic heterocycles. The van der Waals surface area contributed by atoms with Crippen LogP contribution in [0.25, 0.3) is 10.9 Å². The molecule has 1 N–H and O–H groups in total. The highest BCUT2D eigenvalue weighted by molar-refractivity contribution is 6.42. The quantitative estimate of drug-likeness (QED) is 0.492. The minimum absolute atomic E-state index is 0.0396. The maximum Gasteiger partial charge on any atom is 0.352 e. The predicted molar refractivity (Wildman–Crippen MR) is 102 cm³/mol. The first-order valence-electron chi connectivity index (χ1n) is 7.87. The highest BCUT2D eigenvalue weighted by Gasteiger charge is 2.21. The van der Waals surface area contributed by atoms with Gasteiger partial charge in [-0.3, -0.25) is 4.79 Å². The zero-order chi connectivity index (χ0) is 19.7. The van der Waals surface area contributed by atoms with Gasteiger partial charge in [-0.25, -0.2) is 4.79 Å². The molecule has 0 aliphatic carbocycles. The molecule has 0 saturated heterocycles. The molecule has 0 aliphatic rings. The number of carboxylic acids is 1. The summed E-state index contributed by atoms with van der Waals surface area (Å²) in [6, 6.07) is 9.89. The summed E-state index contributed by atoms with van der Waals surface area (Å²) in [4.78, 5) is 23.3. The first-order chi connectivity index (χ1) is 12.8. The molecule has 0 atom stereocenters. The molecule has 27 heavy (non-hydrogen) atoms. The van der Waals surface area contributed by atoms with Crippen molar-refractivity contribution in [1.29, 1.82) is 0 Å². The maximum absolute atomic E-state index is 11.8. The second kappa shape index (κ2) is 7.50. The van der Waals surface area contributed by atoms with Crippen LogP contribution in [0.4, 0.5) is 0 Å². The van der Waals surface area contributed by atoms with E-state index in [-0.39, 0.29) is 18.0 Å². The summed E-state index contributed by atoms with van der Waals surface area (Å²) < 4.78 is 12.1. The number of carboxylic acid groups (broad SMARTS) is 1. The van der Waals surface area contributed by atoms with E-state index in [0.717, 1.165) is 5.56 Å². The second-order valence-corrected chi connectivity index (χ2v) is 6.61. The van der Waals surface area contributed by atoms with Gasteiger partial charge in [0.25, 0.3) is 0 Å². The fraction of sp³-hybridized carbons (Fsp3) is 0.158. The Kier molecular flexibility index (Phi) is 5.30. The van der Waals surface area contributed by atoms with Crippen LogP contribution < -0.4 is 9.47 Å². The van der Waals surface area contributed by atoms with Crippen molar-refractivity contribution in [3.05, 3.63) is 57.7 Å². The molecule has 140 valence electrons. The third-order valence-corrected chi connectivity index (χ3v) is 4.75. The zero-order valence-electron chi connectivity index (χ0n) is 14.5. The molecule has 2 aromatic carbocycles. The summed E-state index contributed by atoms with van der Waals surface area (Å²) in [5, 5.41) is 10.9. The number of carbonyl (C=O) groups is 2. The van der Waals surface area contributed by atoms with Crippen LogP contribution in [0, 0.1) is 0 Å². The monoisotopic (exact) mass is 407 g/mol. The third kappa shape index (κ3) is 3.72. The number of aromatic nitrogens is 1. The van der Waals surface area contributed by atoms with Crippen LogP contribution in [0.1, 0.15) is 23.0 Å². The van der Waals surface area contributed by atoms with Gasteiger partial charge in [-0.1, -0.05) is 29.3 Å². The topological polar surface area (TPSA) is 77.8 Å². The van der Waals surface area contributed by atoms with E-state index >= 15 is 0 Å². The van der Waals surface area contributed by atoms with E-state index in [1.54, 1.807) is 34.9 Å². The molecule has 1 aromatic heterocycles. The molecule has 1 heterocycles. The van der Waals surface area contributed by atoms with Gasteiger partial charge in [0, 0.05) is 18.9 Å². The van der Waals surface area contributed by atoms with Gasteiger partial charge >= 0.3 is 11.9 Å². The van der Waals surface area contributed by atoms with Gasteiger partial charge in [0.2, 0.25) is 0 Å². The van der Waals surface area contributed by atoms with E-state index in [4.69, 9.17) is 32.7 Å². The predicted octanol–water partition coefficient (Wildman–Crippen LogP) is 4.63. The van der Waals surface area contributed by atoms with Gasteiger partial charge in [0.05, 0.1) is 22.7 Å². The molecular formula is C19H15Cl2NO5. The number of aromatic carboxylic acids is 1. The number of methoxy groups -OCH3 is 1. The number of nitrogens with zero attached hydrogens (tertiary/aromatic N) is 1. The summed E-state index contributed by atoms with van der Waals surface area (Å²) in [5.74, 6) is -1.13. The number of hydrogen-bond acceptors (Lipinski definition) is 4. The molecule has 0 saturated carbocycles. The number of carbonyl (C=O) groups excluding carboxylic acids is 1. The lowest BCUT2D eigenvalue weighted by Gasteiger charge is -2.12. The zero-order valence-corrected chi connectivity index (χ0v) is 16.0. The van der Waals surface area contributed by atoms with Crippen molar-refractivity contribution in [3.63, 3.8) is 0 Å². The van der Waals surface area contributed by atoms with Gasteiger partial charge in [0.15, 0.2) is 11.5 Å². The molecule has 3 rings (SSSR count). The summed E-state index contributed by atoms with van der Waals surface area (Å²) in [6.45, 7) is 1.51. The number of rotatable bonds is 5. The highest BCUT2D eigenvalue weighted by Crippen LogP contribution is 2.38. The van der Waals surface area contributed by atoms with E-state index in [2.05, 4.69) is 0 Å². The van der Waals surface area contributed by atoms with Crippen molar-refractivity contribution in [2.45, 2.75) is 13.5 Å². The average Bonchev–Trinajstić information content (AvgIpc) is 2.97. The van der Waals surface area contributed by atoms with Crippen molar-refractivity contribution in [2.24, 2.45) is 0 Å². The summed E-state index contributed by atoms with van der Waals surface area (Å²) in [5.41, 5.74) is 1.39. The summed E-state index contributed by atoms with van der Waals surface area (Å²) in [7, 11) is 1.44. The van der Waals surface area contributed by atoms with Crippen LogP contribution in [0.15, 0.2) is 36.4 Å². The lowest BCUT2D eigenvalue weighted by Crippen LogP contribution is -2.09. The second-order valence-electron chi connectivity index (χ2n) is 5.79. The average molecular weight is 408 g/mol. The van der Waals surface area contributed by atoms with Gasteiger partial charge in [-0.15, -0.1) is 0 Å². The minimum atomic E-state index is -1.11. The SMILES string of the molecule is COc1ccc2c(cc(C(=O)O)n2Cc2ccc(Cl)c(Cl)c2)c1OC(C)=O. The molecule has 0 unspecified atom stereocenters. The Morgan fingerprint density at radius 2 is 1.85 bits per heavy atom. The molecule has 0 amide bonds. The Hall–Kier alpha value is -2.70. The first-order valence-corrected chi connectivity index (χ1v) is 8.63. The van der Waals surface area contributed by atoms with Crippen LogP contribution >= 0.6 is 23.2 Å². The fourth-order valence-corrected chi connectivity index (χ4v) is 3.19. The van der Waals surface area contributed by atoms with Crippen molar-refractivity contribution in [1.82, 2.24) is 4.57 Å². The molecule has 0 fully saturated rings. The van der Waals surface area contributed by atoms with Gasteiger partial charge in [-0.05, 0) is 35.9 Å². The number of fused-ring (bicyclic) bond motifs is 1. The standard InChI is InChI=1S/C19H15Cl2NO5/c1-10(23)27-18-12-8-16(19(24)25)22(15(12)5-6-17(18)26-2)9-11-3-4-13(20)14(21)7-11/h3-8H,9H2,1-2H3,(H,24,25). The highest BCUT2D eigenvalue weighted by atomic mass is 35.5. The van der Waals surface area contributed by atoms with E-state index in [1.807, 2.05) is 0 Å². The number of benzene rings is 2. The van der Waals surface area contributed by atoms with Crippen LogP contribution in [0.3, 0.4) is 0 Å². The van der Waals surface area contributed by atoms with E-state index < -0.39 is 11.9 Å². The van der Waals surface area contributed by atoms with Crippen LogP contribution in [-0.2, 0) is 11.3 Å². The van der Waals surface area contributed by atoms with Crippen LogP contribution in [0.5, 0.6) is 11.5 Å². The van der Waals surface area contributed by atoms with Gasteiger partial charge in [-0.2, -0.15) is 0 Å². The molecule has 0 radical (unpaired) electrons. The Bertz CT molecular complexity index is 1060. The number of hydrogen-bond donors (Lipinski definition) is 1. The summed E-state index contributed by atoms with van der Waals surface area (Å²) in [6.07, 6.45) is 0. The molecule has 0 bridgehead atoms. The van der Waals surface area contributed by atoms with Gasteiger partial charge < -0.3 is 19.1 Å². The van der Waals surface area contributed by atoms with Crippen molar-refractivity contribution in [2.75, 3.05) is 7.11 Å². The lowest BCUT2D eigenvalue weighted by atomic mass is 10.2. The number of esters is 1. The Morgan fingerprint density at radius 3 is 2.44 bits per heavy atom. The van der Waals surface area contributed by atoms with Crippen molar-refractivity contribution < 1.29 is 24.2 Å². The van der Waals surface area contributed by atoms with Gasteiger partial charge in [0.1, 0.15) is 5.69 Å².